The Balaban J connectivity index is 0.000000481. The van der Waals surface area contributed by atoms with E-state index in [0.717, 1.165) is 50.8 Å². The molecule has 4 aromatic rings. The Kier molecular flexibility index (Phi) is 8.36. The van der Waals surface area contributed by atoms with Crippen molar-refractivity contribution in [2.45, 2.75) is 33.9 Å². The summed E-state index contributed by atoms with van der Waals surface area (Å²) in [5.74, 6) is 8.74. The van der Waals surface area contributed by atoms with E-state index in [9.17, 15) is 0 Å². The Morgan fingerprint density at radius 2 is 1.17 bits per heavy atom. The van der Waals surface area contributed by atoms with Gasteiger partial charge in [0.1, 0.15) is 11.6 Å². The highest BCUT2D eigenvalue weighted by Gasteiger charge is 2.02. The van der Waals surface area contributed by atoms with Gasteiger partial charge >= 0.3 is 0 Å². The van der Waals surface area contributed by atoms with E-state index in [-0.39, 0.29) is 0 Å². The van der Waals surface area contributed by atoms with E-state index in [4.69, 9.17) is 11.5 Å². The van der Waals surface area contributed by atoms with Gasteiger partial charge in [0, 0.05) is 11.1 Å². The molecule has 0 aliphatic carbocycles. The minimum atomic E-state index is 0.394. The molecule has 0 bridgehead atoms. The highest BCUT2D eigenvalue weighted by Crippen LogP contribution is 2.15. The summed E-state index contributed by atoms with van der Waals surface area (Å²) < 4.78 is 0. The number of nitrogens with two attached hydrogens (primary N) is 2. The first-order valence-corrected chi connectivity index (χ1v) is 9.88. The van der Waals surface area contributed by atoms with E-state index in [1.165, 1.54) is 0 Å². The summed E-state index contributed by atoms with van der Waals surface area (Å²) in [6, 6.07) is 11.8. The molecule has 156 valence electrons. The molecule has 6 N–H and O–H groups in total. The average molecular weight is 403 g/mol. The van der Waals surface area contributed by atoms with Crippen LogP contribution in [0.15, 0.2) is 49.6 Å². The van der Waals surface area contributed by atoms with Crippen LogP contribution >= 0.6 is 0 Å². The fourth-order valence-corrected chi connectivity index (χ4v) is 2.62. The van der Waals surface area contributed by atoms with Crippen LogP contribution in [-0.4, -0.2) is 19.9 Å². The Morgan fingerprint density at radius 1 is 0.800 bits per heavy atom. The standard InChI is InChI=1S/C18H16N6.C4H10.C2H4/c19-9-17-21-13-5-3-11(7-15(13)23-17)1-2-12-4-6-14-16(8-12)24-18(10-20)22-14;1-4(2)3;1-2/h3-8H,9-10,19-20H2,(H,21,23)(H,22,24);4H,1-3H3;1-2H2. The van der Waals surface area contributed by atoms with Gasteiger partial charge in [0.05, 0.1) is 35.2 Å². The third kappa shape index (κ3) is 6.05. The highest BCUT2D eigenvalue weighted by atomic mass is 14.9. The fourth-order valence-electron chi connectivity index (χ4n) is 2.62. The van der Waals surface area contributed by atoms with Crippen molar-refractivity contribution in [1.29, 1.82) is 0 Å². The zero-order valence-corrected chi connectivity index (χ0v) is 17.9. The Labute approximate surface area is 177 Å². The minimum absolute atomic E-state index is 0.394. The maximum absolute atomic E-state index is 5.61. The van der Waals surface area contributed by atoms with Gasteiger partial charge in [-0.1, -0.05) is 32.6 Å². The number of fused-ring (bicyclic) bond motifs is 2. The molecule has 0 unspecified atom stereocenters. The molecule has 2 aromatic carbocycles. The van der Waals surface area contributed by atoms with Gasteiger partial charge < -0.3 is 21.4 Å². The number of benzene rings is 2. The van der Waals surface area contributed by atoms with Gasteiger partial charge in [0.2, 0.25) is 0 Å². The maximum Gasteiger partial charge on any atom is 0.121 e. The summed E-state index contributed by atoms with van der Waals surface area (Å²) >= 11 is 0. The van der Waals surface area contributed by atoms with Crippen molar-refractivity contribution in [1.82, 2.24) is 19.9 Å². The van der Waals surface area contributed by atoms with Crippen LogP contribution in [0.4, 0.5) is 0 Å². The Morgan fingerprint density at radius 3 is 1.50 bits per heavy atom. The molecule has 2 heterocycles. The van der Waals surface area contributed by atoms with Crippen molar-refractivity contribution in [3.05, 3.63) is 72.3 Å². The molecule has 4 rings (SSSR count). The first-order valence-electron chi connectivity index (χ1n) is 9.88. The number of nitrogens with one attached hydrogen (secondary N) is 2. The molecule has 0 aliphatic heterocycles. The molecule has 6 nitrogen and oxygen atoms in total. The lowest BCUT2D eigenvalue weighted by atomic mass is 10.1. The molecule has 0 spiro atoms. The van der Waals surface area contributed by atoms with Crippen molar-refractivity contribution < 1.29 is 0 Å². The van der Waals surface area contributed by atoms with Gasteiger partial charge in [-0.05, 0) is 42.3 Å². The number of nitrogens with zero attached hydrogens (tertiary/aromatic N) is 2. The second-order valence-electron chi connectivity index (χ2n) is 7.22. The molecular formula is C24H30N6. The quantitative estimate of drug-likeness (QED) is 0.297. The van der Waals surface area contributed by atoms with Crippen LogP contribution in [0.5, 0.6) is 0 Å². The molecule has 0 atom stereocenters. The van der Waals surface area contributed by atoms with Crippen molar-refractivity contribution in [2.75, 3.05) is 0 Å². The molecule has 2 aromatic heterocycles. The molecule has 6 heteroatoms. The van der Waals surface area contributed by atoms with Crippen molar-refractivity contribution in [2.24, 2.45) is 17.4 Å². The van der Waals surface area contributed by atoms with Crippen LogP contribution in [0.3, 0.4) is 0 Å². The van der Waals surface area contributed by atoms with E-state index < -0.39 is 0 Å². The lowest BCUT2D eigenvalue weighted by Gasteiger charge is -1.92. The molecule has 0 aliphatic rings. The Bertz CT molecular complexity index is 1070. The summed E-state index contributed by atoms with van der Waals surface area (Å²) in [5.41, 5.74) is 16.7. The van der Waals surface area contributed by atoms with Gasteiger partial charge in [0.25, 0.3) is 0 Å². The highest BCUT2D eigenvalue weighted by molar-refractivity contribution is 5.78. The van der Waals surface area contributed by atoms with Crippen LogP contribution < -0.4 is 11.5 Å². The average Bonchev–Trinajstić information content (AvgIpc) is 3.35. The predicted octanol–water partition coefficient (Wildman–Crippen LogP) is 4.22. The fraction of sp³-hybridized carbons (Fsp3) is 0.250. The summed E-state index contributed by atoms with van der Waals surface area (Å²) in [7, 11) is 0. The molecule has 0 amide bonds. The number of aromatic amines is 2. The summed E-state index contributed by atoms with van der Waals surface area (Å²) in [4.78, 5) is 15.1. The first-order chi connectivity index (χ1) is 14.5. The minimum Gasteiger partial charge on any atom is -0.341 e. The SMILES string of the molecule is C=C.CC(C)C.NCc1nc2ccc(C#Cc3ccc4nc(CN)[nH]c4c3)cc2[nH]1. The van der Waals surface area contributed by atoms with Crippen molar-refractivity contribution in [3.63, 3.8) is 0 Å². The van der Waals surface area contributed by atoms with Gasteiger partial charge in [0.15, 0.2) is 0 Å². The largest absolute Gasteiger partial charge is 0.341 e. The topological polar surface area (TPSA) is 109 Å². The normalized spacial score (nSPS) is 10.1. The van der Waals surface area contributed by atoms with Crippen molar-refractivity contribution in [3.8, 4) is 11.8 Å². The van der Waals surface area contributed by atoms with E-state index >= 15 is 0 Å². The van der Waals surface area contributed by atoms with Gasteiger partial charge in [-0.15, -0.1) is 13.2 Å². The number of hydrogen-bond acceptors (Lipinski definition) is 4. The predicted molar refractivity (Wildman–Crippen MR) is 126 cm³/mol. The molecule has 30 heavy (non-hydrogen) atoms. The Hall–Kier alpha value is -3.40. The number of H-pyrrole nitrogens is 2. The van der Waals surface area contributed by atoms with E-state index in [0.29, 0.717) is 13.1 Å². The summed E-state index contributed by atoms with van der Waals surface area (Å²) in [5, 5.41) is 0. The van der Waals surface area contributed by atoms with Crippen LogP contribution in [0.1, 0.15) is 43.5 Å². The lowest BCUT2D eigenvalue weighted by molar-refractivity contribution is 0.737. The second kappa shape index (κ2) is 11.0. The van der Waals surface area contributed by atoms with E-state index in [1.807, 2.05) is 36.4 Å². The van der Waals surface area contributed by atoms with Crippen LogP contribution in [-0.2, 0) is 13.1 Å². The third-order valence-corrected chi connectivity index (χ3v) is 3.80. The molecule has 0 saturated carbocycles. The summed E-state index contributed by atoms with van der Waals surface area (Å²) in [6.07, 6.45) is 0. The zero-order valence-electron chi connectivity index (χ0n) is 17.9. The monoisotopic (exact) mass is 402 g/mol. The number of imidazole rings is 2. The van der Waals surface area contributed by atoms with Crippen molar-refractivity contribution >= 4 is 22.1 Å². The molecule has 0 saturated heterocycles. The zero-order chi connectivity index (χ0) is 22.1. The van der Waals surface area contributed by atoms with Crippen LogP contribution in [0.25, 0.3) is 22.1 Å². The number of rotatable bonds is 2. The van der Waals surface area contributed by atoms with E-state index in [2.05, 4.69) is 65.7 Å². The van der Waals surface area contributed by atoms with Gasteiger partial charge in [-0.3, -0.25) is 0 Å². The lowest BCUT2D eigenvalue weighted by Crippen LogP contribution is -1.97. The van der Waals surface area contributed by atoms with Crippen LogP contribution in [0.2, 0.25) is 0 Å². The smallest absolute Gasteiger partial charge is 0.121 e. The van der Waals surface area contributed by atoms with E-state index in [1.54, 1.807) is 0 Å². The van der Waals surface area contributed by atoms with Gasteiger partial charge in [-0.25, -0.2) is 9.97 Å². The second-order valence-corrected chi connectivity index (χ2v) is 7.22. The molecule has 0 fully saturated rings. The van der Waals surface area contributed by atoms with Gasteiger partial charge in [-0.2, -0.15) is 0 Å². The number of aromatic nitrogens is 4. The van der Waals surface area contributed by atoms with Crippen LogP contribution in [0, 0.1) is 17.8 Å². The molecule has 0 radical (unpaired) electrons. The number of hydrogen-bond donors (Lipinski definition) is 4. The molecular weight excluding hydrogens is 372 g/mol. The summed E-state index contributed by atoms with van der Waals surface area (Å²) in [6.45, 7) is 13.3. The maximum atomic E-state index is 5.61. The first kappa shape index (κ1) is 22.9. The third-order valence-electron chi connectivity index (χ3n) is 3.80.